The fourth-order valence-electron chi connectivity index (χ4n) is 1.65. The Kier molecular flexibility index (Phi) is 3.33. The lowest BCUT2D eigenvalue weighted by atomic mass is 10.2. The van der Waals surface area contributed by atoms with E-state index in [1.165, 1.54) is 25.4 Å². The molecular weight excluding hydrogens is 253 g/mol. The first kappa shape index (κ1) is 12.8. The van der Waals surface area contributed by atoms with Crippen LogP contribution in [0.25, 0.3) is 5.69 Å². The summed E-state index contributed by atoms with van der Waals surface area (Å²) in [4.78, 5) is 22.7. The summed E-state index contributed by atoms with van der Waals surface area (Å²) in [6.07, 6.45) is 1.17. The molecule has 1 aromatic carbocycles. The maximum atomic E-state index is 13.1. The summed E-state index contributed by atoms with van der Waals surface area (Å²) < 4.78 is 19.2. The second-order valence-corrected chi connectivity index (χ2v) is 3.75. The molecule has 98 valence electrons. The number of benzene rings is 1. The second kappa shape index (κ2) is 4.93. The SMILES string of the molecule is COc1cc(F)ccc1-n1cc(C(=O)O)ccc1=O. The Bertz CT molecular complexity index is 693. The van der Waals surface area contributed by atoms with Crippen LogP contribution in [0.15, 0.2) is 41.3 Å². The average molecular weight is 263 g/mol. The number of halogens is 1. The third kappa shape index (κ3) is 2.47. The summed E-state index contributed by atoms with van der Waals surface area (Å²) in [5.41, 5.74) is -0.210. The van der Waals surface area contributed by atoms with Crippen molar-refractivity contribution in [3.8, 4) is 11.4 Å². The van der Waals surface area contributed by atoms with Crippen molar-refractivity contribution in [2.24, 2.45) is 0 Å². The predicted molar refractivity (Wildman–Crippen MR) is 65.5 cm³/mol. The standard InChI is InChI=1S/C13H10FNO4/c1-19-11-6-9(14)3-4-10(11)15-7-8(13(17)18)2-5-12(15)16/h2-7H,1H3,(H,17,18). The molecule has 0 bridgehead atoms. The number of carboxylic acid groups (broad SMARTS) is 1. The molecule has 19 heavy (non-hydrogen) atoms. The molecule has 6 heteroatoms. The second-order valence-electron chi connectivity index (χ2n) is 3.75. The number of ether oxygens (including phenoxy) is 1. The van der Waals surface area contributed by atoms with Crippen molar-refractivity contribution in [2.75, 3.05) is 7.11 Å². The van der Waals surface area contributed by atoms with Gasteiger partial charge in [-0.1, -0.05) is 0 Å². The van der Waals surface area contributed by atoms with Gasteiger partial charge in [0.1, 0.15) is 11.6 Å². The van der Waals surface area contributed by atoms with E-state index >= 15 is 0 Å². The van der Waals surface area contributed by atoms with Crippen molar-refractivity contribution >= 4 is 5.97 Å². The van der Waals surface area contributed by atoms with E-state index in [0.29, 0.717) is 0 Å². The lowest BCUT2D eigenvalue weighted by Crippen LogP contribution is -2.19. The van der Waals surface area contributed by atoms with Gasteiger partial charge in [-0.25, -0.2) is 9.18 Å². The number of hydrogen-bond acceptors (Lipinski definition) is 3. The van der Waals surface area contributed by atoms with E-state index in [0.717, 1.165) is 22.8 Å². The molecule has 1 aromatic heterocycles. The zero-order valence-electron chi connectivity index (χ0n) is 9.96. The monoisotopic (exact) mass is 263 g/mol. The zero-order chi connectivity index (χ0) is 14.0. The number of carboxylic acids is 1. The number of nitrogens with zero attached hydrogens (tertiary/aromatic N) is 1. The summed E-state index contributed by atoms with van der Waals surface area (Å²) in [6, 6.07) is 5.97. The number of rotatable bonds is 3. The van der Waals surface area contributed by atoms with Gasteiger partial charge >= 0.3 is 5.97 Å². The third-order valence-corrected chi connectivity index (χ3v) is 2.56. The van der Waals surface area contributed by atoms with E-state index in [1.54, 1.807) is 0 Å². The quantitative estimate of drug-likeness (QED) is 0.914. The van der Waals surface area contributed by atoms with E-state index in [9.17, 15) is 14.0 Å². The van der Waals surface area contributed by atoms with Crippen LogP contribution in [-0.2, 0) is 0 Å². The summed E-state index contributed by atoms with van der Waals surface area (Å²) in [7, 11) is 1.34. The Labute approximate surface area is 107 Å². The Morgan fingerprint density at radius 2 is 2.05 bits per heavy atom. The molecule has 0 aliphatic heterocycles. The van der Waals surface area contributed by atoms with Crippen molar-refractivity contribution in [1.82, 2.24) is 4.57 Å². The molecule has 0 aliphatic carbocycles. The first-order valence-corrected chi connectivity index (χ1v) is 5.33. The van der Waals surface area contributed by atoms with Crippen LogP contribution in [0.3, 0.4) is 0 Å². The summed E-state index contributed by atoms with van der Waals surface area (Å²) in [5, 5.41) is 8.91. The average Bonchev–Trinajstić information content (AvgIpc) is 2.39. The number of methoxy groups -OCH3 is 1. The number of carbonyl (C=O) groups is 1. The summed E-state index contributed by atoms with van der Waals surface area (Å²) in [5.74, 6) is -1.53. The first-order valence-electron chi connectivity index (χ1n) is 5.33. The molecule has 1 N–H and O–H groups in total. The molecule has 0 spiro atoms. The minimum atomic E-state index is -1.16. The number of aromatic carboxylic acids is 1. The topological polar surface area (TPSA) is 68.5 Å². The van der Waals surface area contributed by atoms with Crippen molar-refractivity contribution in [3.05, 3.63) is 58.3 Å². The molecule has 0 fully saturated rings. The van der Waals surface area contributed by atoms with Crippen LogP contribution < -0.4 is 10.3 Å². The molecule has 1 heterocycles. The van der Waals surface area contributed by atoms with Crippen LogP contribution in [0.1, 0.15) is 10.4 Å². The maximum absolute atomic E-state index is 13.1. The van der Waals surface area contributed by atoms with E-state index in [4.69, 9.17) is 9.84 Å². The minimum Gasteiger partial charge on any atom is -0.494 e. The van der Waals surface area contributed by atoms with Gasteiger partial charge in [-0.3, -0.25) is 9.36 Å². The van der Waals surface area contributed by atoms with Crippen LogP contribution in [-0.4, -0.2) is 22.8 Å². The molecule has 0 saturated heterocycles. The molecule has 0 amide bonds. The third-order valence-electron chi connectivity index (χ3n) is 2.56. The molecule has 5 nitrogen and oxygen atoms in total. The molecule has 2 aromatic rings. The molecule has 0 saturated carbocycles. The van der Waals surface area contributed by atoms with Gasteiger partial charge < -0.3 is 9.84 Å². The summed E-state index contributed by atoms with van der Waals surface area (Å²) in [6.45, 7) is 0. The van der Waals surface area contributed by atoms with Gasteiger partial charge in [0.25, 0.3) is 5.56 Å². The Morgan fingerprint density at radius 3 is 2.68 bits per heavy atom. The zero-order valence-corrected chi connectivity index (χ0v) is 9.96. The first-order chi connectivity index (χ1) is 9.02. The van der Waals surface area contributed by atoms with Gasteiger partial charge in [-0.15, -0.1) is 0 Å². The van der Waals surface area contributed by atoms with Crippen molar-refractivity contribution in [3.63, 3.8) is 0 Å². The van der Waals surface area contributed by atoms with E-state index < -0.39 is 17.3 Å². The van der Waals surface area contributed by atoms with Crippen LogP contribution in [0.4, 0.5) is 4.39 Å². The number of hydrogen-bond donors (Lipinski definition) is 1. The normalized spacial score (nSPS) is 10.2. The van der Waals surface area contributed by atoms with E-state index in [1.807, 2.05) is 0 Å². The predicted octanol–water partition coefficient (Wildman–Crippen LogP) is 1.68. The maximum Gasteiger partial charge on any atom is 0.337 e. The lowest BCUT2D eigenvalue weighted by molar-refractivity contribution is 0.0696. The highest BCUT2D eigenvalue weighted by Gasteiger charge is 2.11. The smallest absolute Gasteiger partial charge is 0.337 e. The van der Waals surface area contributed by atoms with Gasteiger partial charge in [-0.05, 0) is 18.2 Å². The van der Waals surface area contributed by atoms with Gasteiger partial charge in [0.2, 0.25) is 0 Å². The largest absolute Gasteiger partial charge is 0.494 e. The van der Waals surface area contributed by atoms with Crippen molar-refractivity contribution in [1.29, 1.82) is 0 Å². The van der Waals surface area contributed by atoms with Gasteiger partial charge in [-0.2, -0.15) is 0 Å². The van der Waals surface area contributed by atoms with E-state index in [2.05, 4.69) is 0 Å². The fourth-order valence-corrected chi connectivity index (χ4v) is 1.65. The van der Waals surface area contributed by atoms with Crippen LogP contribution in [0.2, 0.25) is 0 Å². The van der Waals surface area contributed by atoms with Gasteiger partial charge in [0, 0.05) is 18.3 Å². The lowest BCUT2D eigenvalue weighted by Gasteiger charge is -2.11. The molecule has 0 unspecified atom stereocenters. The number of pyridine rings is 1. The van der Waals surface area contributed by atoms with Crippen LogP contribution in [0.5, 0.6) is 5.75 Å². The highest BCUT2D eigenvalue weighted by molar-refractivity contribution is 5.87. The Hall–Kier alpha value is -2.63. The highest BCUT2D eigenvalue weighted by atomic mass is 19.1. The molecule has 2 rings (SSSR count). The van der Waals surface area contributed by atoms with Crippen molar-refractivity contribution in [2.45, 2.75) is 0 Å². The van der Waals surface area contributed by atoms with Gasteiger partial charge in [0.15, 0.2) is 0 Å². The Balaban J connectivity index is 2.67. The molecular formula is C13H10FNO4. The minimum absolute atomic E-state index is 0.0500. The molecule has 0 aliphatic rings. The molecule has 0 atom stereocenters. The summed E-state index contributed by atoms with van der Waals surface area (Å²) >= 11 is 0. The Morgan fingerprint density at radius 1 is 1.32 bits per heavy atom. The number of aromatic nitrogens is 1. The van der Waals surface area contributed by atoms with Crippen molar-refractivity contribution < 1.29 is 19.0 Å². The van der Waals surface area contributed by atoms with E-state index in [-0.39, 0.29) is 17.0 Å². The fraction of sp³-hybridized carbons (Fsp3) is 0.0769. The molecule has 0 radical (unpaired) electrons. The van der Waals surface area contributed by atoms with Crippen LogP contribution >= 0.6 is 0 Å². The van der Waals surface area contributed by atoms with Gasteiger partial charge in [0.05, 0.1) is 18.4 Å². The highest BCUT2D eigenvalue weighted by Crippen LogP contribution is 2.22. The van der Waals surface area contributed by atoms with Crippen LogP contribution in [0, 0.1) is 5.82 Å².